The number of aliphatic hydroxyl groups excluding tert-OH is 1. The van der Waals surface area contributed by atoms with Gasteiger partial charge in [0.25, 0.3) is 0 Å². The van der Waals surface area contributed by atoms with Crippen LogP contribution in [0.4, 0.5) is 0 Å². The van der Waals surface area contributed by atoms with E-state index in [2.05, 4.69) is 0 Å². The van der Waals surface area contributed by atoms with Crippen molar-refractivity contribution in [2.45, 2.75) is 13.0 Å². The Balaban J connectivity index is 2.45. The van der Waals surface area contributed by atoms with Crippen molar-refractivity contribution in [1.82, 2.24) is 0 Å². The molecular weight excluding hydrogens is 156 g/mol. The van der Waals surface area contributed by atoms with Crippen LogP contribution in [0, 0.1) is 0 Å². The Morgan fingerprint density at radius 2 is 2.25 bits per heavy atom. The molecule has 1 heterocycles. The van der Waals surface area contributed by atoms with Crippen molar-refractivity contribution in [1.29, 1.82) is 0 Å². The molecule has 0 spiro atoms. The van der Waals surface area contributed by atoms with Gasteiger partial charge in [-0.1, -0.05) is 0 Å². The maximum Gasteiger partial charge on any atom is 0.230 e. The fraction of sp³-hybridized carbons (Fsp3) is 0.333. The molecule has 1 atom stereocenters. The molecule has 1 aliphatic rings. The Labute approximate surface area is 70.5 Å². The topological polar surface area (TPSA) is 38.7 Å². The zero-order valence-corrected chi connectivity index (χ0v) is 6.78. The molecule has 0 radical (unpaired) electrons. The smallest absolute Gasteiger partial charge is 0.230 e. The molecule has 0 saturated carbocycles. The fourth-order valence-electron chi connectivity index (χ4n) is 1.24. The highest BCUT2D eigenvalue weighted by Crippen LogP contribution is 2.31. The number of benzene rings is 1. The summed E-state index contributed by atoms with van der Waals surface area (Å²) in [4.78, 5) is 0. The van der Waals surface area contributed by atoms with Gasteiger partial charge >= 0.3 is 0 Å². The Bertz CT molecular complexity index is 294. The van der Waals surface area contributed by atoms with Crippen LogP contribution in [0.2, 0.25) is 0 Å². The molecule has 3 nitrogen and oxygen atoms in total. The molecule has 1 N–H and O–H groups in total. The molecule has 1 aromatic rings. The minimum absolute atomic E-state index is 0.238. The van der Waals surface area contributed by atoms with E-state index in [1.807, 2.05) is 12.1 Å². The normalized spacial score (nSPS) is 16.2. The van der Waals surface area contributed by atoms with Crippen molar-refractivity contribution >= 4 is 0 Å². The van der Waals surface area contributed by atoms with Gasteiger partial charge < -0.3 is 14.6 Å². The van der Waals surface area contributed by atoms with Gasteiger partial charge in [0.2, 0.25) is 6.79 Å². The number of hydrogen-bond acceptors (Lipinski definition) is 3. The third-order valence-electron chi connectivity index (χ3n) is 1.88. The predicted molar refractivity (Wildman–Crippen MR) is 43.2 cm³/mol. The van der Waals surface area contributed by atoms with Crippen LogP contribution >= 0.6 is 0 Å². The molecule has 2 bridgehead atoms. The molecule has 0 saturated heterocycles. The van der Waals surface area contributed by atoms with Gasteiger partial charge in [-0.2, -0.15) is 0 Å². The Morgan fingerprint density at radius 1 is 1.42 bits per heavy atom. The van der Waals surface area contributed by atoms with Crippen LogP contribution in [0.15, 0.2) is 18.2 Å². The lowest BCUT2D eigenvalue weighted by atomic mass is 10.1. The van der Waals surface area contributed by atoms with Gasteiger partial charge in [-0.05, 0) is 19.1 Å². The Kier molecular flexibility index (Phi) is 1.66. The third kappa shape index (κ3) is 1.12. The number of hydrogen-bond donors (Lipinski definition) is 1. The molecule has 0 aromatic heterocycles. The summed E-state index contributed by atoms with van der Waals surface area (Å²) in [6.07, 6.45) is -0.493. The van der Waals surface area contributed by atoms with E-state index in [1.165, 1.54) is 0 Å². The standard InChI is InChI=1S/C9H10O3/c1-6(10)8-3-2-7-4-9(8)12-5-11-7/h2-4,6,10H,5H2,1H3. The minimum Gasteiger partial charge on any atom is -0.457 e. The molecule has 0 fully saturated rings. The van der Waals surface area contributed by atoms with Gasteiger partial charge in [0.05, 0.1) is 6.10 Å². The summed E-state index contributed by atoms with van der Waals surface area (Å²) >= 11 is 0. The summed E-state index contributed by atoms with van der Waals surface area (Å²) in [6.45, 7) is 1.95. The molecule has 1 unspecified atom stereocenters. The van der Waals surface area contributed by atoms with Crippen LogP contribution in [0.1, 0.15) is 18.6 Å². The molecular formula is C9H10O3. The second-order valence-electron chi connectivity index (χ2n) is 2.78. The summed E-state index contributed by atoms with van der Waals surface area (Å²) in [5, 5.41) is 9.33. The van der Waals surface area contributed by atoms with E-state index >= 15 is 0 Å². The van der Waals surface area contributed by atoms with Gasteiger partial charge in [-0.15, -0.1) is 0 Å². The SMILES string of the molecule is CC(O)c1ccc2cc1OCO2. The van der Waals surface area contributed by atoms with Crippen molar-refractivity contribution in [2.24, 2.45) is 0 Å². The van der Waals surface area contributed by atoms with Crippen LogP contribution < -0.4 is 9.47 Å². The Hall–Kier alpha value is -1.22. The van der Waals surface area contributed by atoms with E-state index in [1.54, 1.807) is 13.0 Å². The predicted octanol–water partition coefficient (Wildman–Crippen LogP) is 1.47. The monoisotopic (exact) mass is 166 g/mol. The highest BCUT2D eigenvalue weighted by molar-refractivity contribution is 5.42. The highest BCUT2D eigenvalue weighted by Gasteiger charge is 2.13. The summed E-state index contributed by atoms with van der Waals surface area (Å²) in [5.41, 5.74) is 0.807. The third-order valence-corrected chi connectivity index (χ3v) is 1.88. The van der Waals surface area contributed by atoms with Crippen LogP contribution in [-0.2, 0) is 0 Å². The number of rotatable bonds is 1. The highest BCUT2D eigenvalue weighted by atomic mass is 16.7. The summed E-state index contributed by atoms with van der Waals surface area (Å²) in [7, 11) is 0. The van der Waals surface area contributed by atoms with E-state index in [0.29, 0.717) is 5.75 Å². The number of fused-ring (bicyclic) bond motifs is 2. The quantitative estimate of drug-likeness (QED) is 0.686. The van der Waals surface area contributed by atoms with Gasteiger partial charge in [0.1, 0.15) is 11.5 Å². The van der Waals surface area contributed by atoms with Gasteiger partial charge in [0.15, 0.2) is 0 Å². The zero-order valence-electron chi connectivity index (χ0n) is 6.78. The van der Waals surface area contributed by atoms with Crippen LogP contribution in [-0.4, -0.2) is 11.9 Å². The summed E-state index contributed by atoms with van der Waals surface area (Å²) in [5.74, 6) is 1.51. The van der Waals surface area contributed by atoms with Crippen LogP contribution in [0.25, 0.3) is 0 Å². The van der Waals surface area contributed by atoms with E-state index in [-0.39, 0.29) is 6.79 Å². The zero-order chi connectivity index (χ0) is 8.55. The average Bonchev–Trinajstić information content (AvgIpc) is 2.04. The van der Waals surface area contributed by atoms with E-state index < -0.39 is 6.10 Å². The molecule has 64 valence electrons. The lowest BCUT2D eigenvalue weighted by molar-refractivity contribution is 0.0985. The minimum atomic E-state index is -0.493. The second kappa shape index (κ2) is 2.68. The number of aliphatic hydroxyl groups is 1. The van der Waals surface area contributed by atoms with Crippen LogP contribution in [0.5, 0.6) is 11.5 Å². The maximum atomic E-state index is 9.33. The summed E-state index contributed by atoms with van der Waals surface area (Å²) < 4.78 is 10.3. The van der Waals surface area contributed by atoms with E-state index in [0.717, 1.165) is 11.3 Å². The molecule has 12 heavy (non-hydrogen) atoms. The first kappa shape index (κ1) is 7.43. The lowest BCUT2D eigenvalue weighted by Gasteiger charge is -2.19. The van der Waals surface area contributed by atoms with Crippen molar-refractivity contribution in [3.05, 3.63) is 23.8 Å². The van der Waals surface area contributed by atoms with Crippen molar-refractivity contribution in [3.8, 4) is 11.5 Å². The first-order valence-corrected chi connectivity index (χ1v) is 3.85. The largest absolute Gasteiger partial charge is 0.457 e. The second-order valence-corrected chi connectivity index (χ2v) is 2.78. The molecule has 0 aliphatic carbocycles. The van der Waals surface area contributed by atoms with Crippen molar-refractivity contribution < 1.29 is 14.6 Å². The first-order chi connectivity index (χ1) is 5.77. The molecule has 2 rings (SSSR count). The molecule has 1 aromatic carbocycles. The maximum absolute atomic E-state index is 9.33. The molecule has 0 amide bonds. The van der Waals surface area contributed by atoms with E-state index in [4.69, 9.17) is 9.47 Å². The first-order valence-electron chi connectivity index (χ1n) is 3.85. The fourth-order valence-corrected chi connectivity index (χ4v) is 1.24. The van der Waals surface area contributed by atoms with Gasteiger partial charge in [0, 0.05) is 11.6 Å². The number of ether oxygens (including phenoxy) is 2. The van der Waals surface area contributed by atoms with Crippen molar-refractivity contribution in [2.75, 3.05) is 6.79 Å². The molecule has 3 heteroatoms. The van der Waals surface area contributed by atoms with Gasteiger partial charge in [-0.3, -0.25) is 0 Å². The average molecular weight is 166 g/mol. The summed E-state index contributed by atoms with van der Waals surface area (Å²) in [6, 6.07) is 5.42. The lowest BCUT2D eigenvalue weighted by Crippen LogP contribution is -2.12. The van der Waals surface area contributed by atoms with Gasteiger partial charge in [-0.25, -0.2) is 0 Å². The van der Waals surface area contributed by atoms with Crippen molar-refractivity contribution in [3.63, 3.8) is 0 Å². The molecule has 1 aliphatic heterocycles. The van der Waals surface area contributed by atoms with E-state index in [9.17, 15) is 5.11 Å². The Morgan fingerprint density at radius 3 is 3.00 bits per heavy atom. The van der Waals surface area contributed by atoms with Crippen LogP contribution in [0.3, 0.4) is 0 Å².